The monoisotopic (exact) mass is 392 g/mol. The van der Waals surface area contributed by atoms with E-state index in [0.717, 1.165) is 24.3 Å². The lowest BCUT2D eigenvalue weighted by Gasteiger charge is -2.29. The first-order valence-corrected chi connectivity index (χ1v) is 9.67. The van der Waals surface area contributed by atoms with E-state index in [9.17, 15) is 34.7 Å². The standard InChI is InChI=1S/C15H14F2O6S2/c1-15(2,11-5-3-9(16)7-13(11)24(18,19)20)12-6-4-10(17)8-14(12)25(21,22)23/h3-8H,1-2H3,(H,18,19,20)(H,21,22,23). The van der Waals surface area contributed by atoms with Crippen LogP contribution in [-0.4, -0.2) is 25.9 Å². The highest BCUT2D eigenvalue weighted by Crippen LogP contribution is 2.39. The van der Waals surface area contributed by atoms with Gasteiger partial charge in [-0.1, -0.05) is 26.0 Å². The van der Waals surface area contributed by atoms with Crippen molar-refractivity contribution in [3.05, 3.63) is 59.2 Å². The van der Waals surface area contributed by atoms with Gasteiger partial charge in [-0.3, -0.25) is 9.11 Å². The number of halogens is 2. The summed E-state index contributed by atoms with van der Waals surface area (Å²) < 4.78 is 91.9. The molecule has 0 aromatic heterocycles. The summed E-state index contributed by atoms with van der Waals surface area (Å²) in [5, 5.41) is 0. The maximum atomic E-state index is 13.4. The lowest BCUT2D eigenvalue weighted by molar-refractivity contribution is 0.472. The molecular formula is C15H14F2O6S2. The van der Waals surface area contributed by atoms with Crippen molar-refractivity contribution in [3.63, 3.8) is 0 Å². The Hall–Kier alpha value is -1.88. The van der Waals surface area contributed by atoms with Crippen molar-refractivity contribution in [1.82, 2.24) is 0 Å². The Labute approximate surface area is 143 Å². The molecule has 0 amide bonds. The maximum Gasteiger partial charge on any atom is 0.294 e. The minimum Gasteiger partial charge on any atom is -0.282 e. The normalized spacial score (nSPS) is 13.0. The van der Waals surface area contributed by atoms with Crippen LogP contribution < -0.4 is 0 Å². The number of hydrogen-bond donors (Lipinski definition) is 2. The van der Waals surface area contributed by atoms with Gasteiger partial charge in [-0.15, -0.1) is 0 Å². The van der Waals surface area contributed by atoms with Crippen LogP contribution in [0.25, 0.3) is 0 Å². The summed E-state index contributed by atoms with van der Waals surface area (Å²) in [5.41, 5.74) is -1.71. The van der Waals surface area contributed by atoms with E-state index in [1.54, 1.807) is 0 Å². The zero-order valence-electron chi connectivity index (χ0n) is 13.1. The summed E-state index contributed by atoms with van der Waals surface area (Å²) in [5.74, 6) is -1.86. The molecule has 25 heavy (non-hydrogen) atoms. The molecule has 0 atom stereocenters. The molecule has 0 unspecified atom stereocenters. The predicted octanol–water partition coefficient (Wildman–Crippen LogP) is 2.78. The summed E-state index contributed by atoms with van der Waals surface area (Å²) in [6.45, 7) is 2.77. The molecule has 0 heterocycles. The molecule has 0 radical (unpaired) electrons. The van der Waals surface area contributed by atoms with Crippen LogP contribution in [0.15, 0.2) is 46.2 Å². The van der Waals surface area contributed by atoms with Gasteiger partial charge in [-0.05, 0) is 35.4 Å². The van der Waals surface area contributed by atoms with Crippen LogP contribution in [0.5, 0.6) is 0 Å². The van der Waals surface area contributed by atoms with E-state index in [2.05, 4.69) is 0 Å². The Bertz CT molecular complexity index is 960. The first-order valence-electron chi connectivity index (χ1n) is 6.79. The zero-order valence-corrected chi connectivity index (χ0v) is 14.7. The van der Waals surface area contributed by atoms with E-state index in [1.807, 2.05) is 0 Å². The minimum atomic E-state index is -4.83. The Morgan fingerprint density at radius 2 is 1.08 bits per heavy atom. The molecule has 2 rings (SSSR count). The summed E-state index contributed by atoms with van der Waals surface area (Å²) in [7, 11) is -9.66. The van der Waals surface area contributed by atoms with E-state index < -0.39 is 47.1 Å². The average Bonchev–Trinajstić information content (AvgIpc) is 2.44. The third-order valence-corrected chi connectivity index (χ3v) is 5.58. The smallest absolute Gasteiger partial charge is 0.282 e. The fourth-order valence-electron chi connectivity index (χ4n) is 2.60. The Kier molecular flexibility index (Phi) is 4.77. The SMILES string of the molecule is CC(C)(c1ccc(F)cc1S(=O)(=O)O)c1ccc(F)cc1S(=O)(=O)O. The van der Waals surface area contributed by atoms with Crippen LogP contribution in [0, 0.1) is 11.6 Å². The highest BCUT2D eigenvalue weighted by molar-refractivity contribution is 7.86. The molecule has 136 valence electrons. The quantitative estimate of drug-likeness (QED) is 0.775. The van der Waals surface area contributed by atoms with Gasteiger partial charge in [0.15, 0.2) is 0 Å². The molecule has 0 aliphatic heterocycles. The van der Waals surface area contributed by atoms with Crippen LogP contribution in [0.1, 0.15) is 25.0 Å². The Morgan fingerprint density at radius 3 is 1.36 bits per heavy atom. The lowest BCUT2D eigenvalue weighted by Crippen LogP contribution is -2.25. The lowest BCUT2D eigenvalue weighted by atomic mass is 9.78. The maximum absolute atomic E-state index is 13.4. The first kappa shape index (κ1) is 19.4. The van der Waals surface area contributed by atoms with E-state index in [0.29, 0.717) is 12.1 Å². The molecule has 0 spiro atoms. The highest BCUT2D eigenvalue weighted by atomic mass is 32.2. The van der Waals surface area contributed by atoms with E-state index in [1.165, 1.54) is 13.8 Å². The van der Waals surface area contributed by atoms with E-state index in [-0.39, 0.29) is 11.1 Å². The van der Waals surface area contributed by atoms with Crippen molar-refractivity contribution in [2.45, 2.75) is 29.1 Å². The second-order valence-electron chi connectivity index (χ2n) is 5.86. The van der Waals surface area contributed by atoms with Gasteiger partial charge >= 0.3 is 0 Å². The fraction of sp³-hybridized carbons (Fsp3) is 0.200. The summed E-state index contributed by atoms with van der Waals surface area (Å²) >= 11 is 0. The summed E-state index contributed by atoms with van der Waals surface area (Å²) in [6, 6.07) is 5.17. The van der Waals surface area contributed by atoms with Crippen LogP contribution in [0.4, 0.5) is 8.78 Å². The van der Waals surface area contributed by atoms with Gasteiger partial charge in [-0.25, -0.2) is 8.78 Å². The van der Waals surface area contributed by atoms with E-state index >= 15 is 0 Å². The van der Waals surface area contributed by atoms with Crippen LogP contribution in [0.2, 0.25) is 0 Å². The van der Waals surface area contributed by atoms with Crippen molar-refractivity contribution in [3.8, 4) is 0 Å². The summed E-state index contributed by atoms with van der Waals surface area (Å²) in [6.07, 6.45) is 0. The van der Waals surface area contributed by atoms with Gasteiger partial charge in [0.2, 0.25) is 0 Å². The minimum absolute atomic E-state index is 0.132. The van der Waals surface area contributed by atoms with Crippen molar-refractivity contribution in [1.29, 1.82) is 0 Å². The van der Waals surface area contributed by atoms with Crippen LogP contribution in [-0.2, 0) is 25.7 Å². The summed E-state index contributed by atoms with van der Waals surface area (Å²) in [4.78, 5) is -1.52. The van der Waals surface area contributed by atoms with Gasteiger partial charge < -0.3 is 0 Å². The molecule has 0 bridgehead atoms. The number of rotatable bonds is 4. The number of hydrogen-bond acceptors (Lipinski definition) is 4. The van der Waals surface area contributed by atoms with Crippen LogP contribution in [0.3, 0.4) is 0 Å². The third-order valence-electron chi connectivity index (χ3n) is 3.79. The van der Waals surface area contributed by atoms with Crippen molar-refractivity contribution in [2.24, 2.45) is 0 Å². The first-order chi connectivity index (χ1) is 11.2. The molecule has 0 aliphatic carbocycles. The molecule has 2 aromatic carbocycles. The van der Waals surface area contributed by atoms with Gasteiger partial charge in [0.1, 0.15) is 21.4 Å². The molecule has 0 saturated carbocycles. The molecular weight excluding hydrogens is 378 g/mol. The predicted molar refractivity (Wildman–Crippen MR) is 84.6 cm³/mol. The molecule has 10 heteroatoms. The second kappa shape index (κ2) is 6.13. The largest absolute Gasteiger partial charge is 0.294 e. The molecule has 2 N–H and O–H groups in total. The van der Waals surface area contributed by atoms with Crippen molar-refractivity contribution in [2.75, 3.05) is 0 Å². The van der Waals surface area contributed by atoms with Gasteiger partial charge in [0.25, 0.3) is 20.2 Å². The fourth-order valence-corrected chi connectivity index (χ4v) is 4.32. The second-order valence-corrected chi connectivity index (χ2v) is 8.64. The van der Waals surface area contributed by atoms with Gasteiger partial charge in [0, 0.05) is 5.41 Å². The Balaban J connectivity index is 2.87. The Morgan fingerprint density at radius 1 is 0.760 bits per heavy atom. The van der Waals surface area contributed by atoms with Gasteiger partial charge in [0.05, 0.1) is 0 Å². The van der Waals surface area contributed by atoms with Crippen molar-refractivity contribution >= 4 is 20.2 Å². The topological polar surface area (TPSA) is 109 Å². The van der Waals surface area contributed by atoms with Crippen LogP contribution >= 0.6 is 0 Å². The molecule has 6 nitrogen and oxygen atoms in total. The molecule has 0 fully saturated rings. The van der Waals surface area contributed by atoms with Crippen molar-refractivity contribution < 1.29 is 34.7 Å². The zero-order chi connectivity index (χ0) is 19.2. The average molecular weight is 392 g/mol. The number of benzene rings is 2. The van der Waals surface area contributed by atoms with Gasteiger partial charge in [-0.2, -0.15) is 16.8 Å². The third kappa shape index (κ3) is 3.87. The molecule has 0 saturated heterocycles. The molecule has 2 aromatic rings. The van der Waals surface area contributed by atoms with E-state index in [4.69, 9.17) is 0 Å². The molecule has 0 aliphatic rings. The highest BCUT2D eigenvalue weighted by Gasteiger charge is 2.34.